The number of para-hydroxylation sites is 1. The van der Waals surface area contributed by atoms with Gasteiger partial charge in [-0.05, 0) is 51.2 Å². The Bertz CT molecular complexity index is 347. The third-order valence-electron chi connectivity index (χ3n) is 3.89. The van der Waals surface area contributed by atoms with Crippen LogP contribution in [-0.4, -0.2) is 23.8 Å². The van der Waals surface area contributed by atoms with Crippen LogP contribution >= 0.6 is 0 Å². The second-order valence-electron chi connectivity index (χ2n) is 5.67. The molecule has 1 heterocycles. The second-order valence-corrected chi connectivity index (χ2v) is 5.67. The fraction of sp³-hybridized carbons (Fsp3) is 0.600. The highest BCUT2D eigenvalue weighted by atomic mass is 16.3. The minimum atomic E-state index is 0.194. The number of piperidine rings is 1. The van der Waals surface area contributed by atoms with E-state index in [0.717, 1.165) is 13.0 Å². The van der Waals surface area contributed by atoms with Gasteiger partial charge in [0.25, 0.3) is 0 Å². The molecule has 2 rings (SSSR count). The molecule has 94 valence electrons. The van der Waals surface area contributed by atoms with E-state index in [0.29, 0.717) is 12.5 Å². The number of aliphatic hydroxyl groups is 1. The minimum absolute atomic E-state index is 0.194. The summed E-state index contributed by atoms with van der Waals surface area (Å²) in [5.41, 5.74) is 1.51. The molecule has 0 aliphatic carbocycles. The zero-order valence-corrected chi connectivity index (χ0v) is 10.9. The highest BCUT2D eigenvalue weighted by Gasteiger charge is 2.34. The topological polar surface area (TPSA) is 23.5 Å². The van der Waals surface area contributed by atoms with Gasteiger partial charge in [-0.1, -0.05) is 18.2 Å². The molecule has 0 aromatic heterocycles. The summed E-state index contributed by atoms with van der Waals surface area (Å²) < 4.78 is 0. The predicted octanol–water partition coefficient (Wildman–Crippen LogP) is 3.06. The van der Waals surface area contributed by atoms with E-state index in [4.69, 9.17) is 5.11 Å². The summed E-state index contributed by atoms with van der Waals surface area (Å²) in [5, 5.41) is 9.06. The maximum absolute atomic E-state index is 9.06. The minimum Gasteiger partial charge on any atom is -0.396 e. The maximum atomic E-state index is 9.06. The molecule has 1 N–H and O–H groups in total. The lowest BCUT2D eigenvalue weighted by molar-refractivity contribution is 0.205. The molecule has 1 saturated heterocycles. The molecule has 0 saturated carbocycles. The Morgan fingerprint density at radius 1 is 1.29 bits per heavy atom. The lowest BCUT2D eigenvalue weighted by Crippen LogP contribution is -2.50. The molecular weight excluding hydrogens is 210 g/mol. The number of hydrogen-bond donors (Lipinski definition) is 1. The first kappa shape index (κ1) is 12.4. The molecule has 1 aromatic rings. The fourth-order valence-corrected chi connectivity index (χ4v) is 3.05. The summed E-state index contributed by atoms with van der Waals surface area (Å²) in [6.45, 7) is 6.04. The average molecular weight is 233 g/mol. The molecule has 1 atom stereocenters. The van der Waals surface area contributed by atoms with Crippen molar-refractivity contribution >= 4 is 5.69 Å². The van der Waals surface area contributed by atoms with Crippen molar-refractivity contribution in [3.05, 3.63) is 30.3 Å². The number of nitrogens with zero attached hydrogens (tertiary/aromatic N) is 1. The van der Waals surface area contributed by atoms with Gasteiger partial charge in [-0.2, -0.15) is 0 Å². The molecule has 1 fully saturated rings. The Kier molecular flexibility index (Phi) is 3.72. The van der Waals surface area contributed by atoms with Crippen LogP contribution in [0, 0.1) is 5.92 Å². The smallest absolute Gasteiger partial charge is 0.0433 e. The average Bonchev–Trinajstić information content (AvgIpc) is 2.29. The summed E-state index contributed by atoms with van der Waals surface area (Å²) in [6.07, 6.45) is 3.31. The van der Waals surface area contributed by atoms with Crippen molar-refractivity contribution in [3.8, 4) is 0 Å². The summed E-state index contributed by atoms with van der Waals surface area (Å²) in [5.74, 6) is 0.676. The molecule has 0 bridgehead atoms. The number of anilines is 1. The van der Waals surface area contributed by atoms with Crippen LogP contribution in [0.1, 0.15) is 33.1 Å². The Morgan fingerprint density at radius 3 is 2.59 bits per heavy atom. The van der Waals surface area contributed by atoms with E-state index >= 15 is 0 Å². The summed E-state index contributed by atoms with van der Waals surface area (Å²) in [4.78, 5) is 2.50. The molecule has 0 radical (unpaired) electrons. The second kappa shape index (κ2) is 5.09. The van der Waals surface area contributed by atoms with Gasteiger partial charge in [0, 0.05) is 24.4 Å². The third-order valence-corrected chi connectivity index (χ3v) is 3.89. The zero-order valence-electron chi connectivity index (χ0n) is 10.9. The molecule has 2 heteroatoms. The molecule has 1 unspecified atom stereocenters. The molecule has 0 amide bonds. The SMILES string of the molecule is CC1(C)CC(CCO)CCN1c1ccccc1. The Labute approximate surface area is 104 Å². The molecule has 0 spiro atoms. The monoisotopic (exact) mass is 233 g/mol. The van der Waals surface area contributed by atoms with Crippen LogP contribution in [0.15, 0.2) is 30.3 Å². The number of rotatable bonds is 3. The first-order valence-corrected chi connectivity index (χ1v) is 6.57. The Balaban J connectivity index is 2.11. The first-order chi connectivity index (χ1) is 8.13. The molecule has 1 aromatic carbocycles. The highest BCUT2D eigenvalue weighted by molar-refractivity contribution is 5.49. The zero-order chi connectivity index (χ0) is 12.3. The van der Waals surface area contributed by atoms with E-state index in [1.807, 2.05) is 0 Å². The van der Waals surface area contributed by atoms with Gasteiger partial charge < -0.3 is 10.0 Å². The van der Waals surface area contributed by atoms with Crippen molar-refractivity contribution in [2.24, 2.45) is 5.92 Å². The van der Waals surface area contributed by atoms with Crippen molar-refractivity contribution in [2.45, 2.75) is 38.6 Å². The predicted molar refractivity (Wildman–Crippen MR) is 72.3 cm³/mol. The lowest BCUT2D eigenvalue weighted by atomic mass is 9.81. The van der Waals surface area contributed by atoms with Crippen LogP contribution in [0.25, 0.3) is 0 Å². The first-order valence-electron chi connectivity index (χ1n) is 6.57. The van der Waals surface area contributed by atoms with Crippen LogP contribution in [0.2, 0.25) is 0 Å². The van der Waals surface area contributed by atoms with Crippen molar-refractivity contribution in [1.82, 2.24) is 0 Å². The van der Waals surface area contributed by atoms with Crippen LogP contribution in [0.3, 0.4) is 0 Å². The van der Waals surface area contributed by atoms with E-state index in [2.05, 4.69) is 49.1 Å². The van der Waals surface area contributed by atoms with Gasteiger partial charge in [0.05, 0.1) is 0 Å². The van der Waals surface area contributed by atoms with E-state index < -0.39 is 0 Å². The van der Waals surface area contributed by atoms with E-state index in [9.17, 15) is 0 Å². The van der Waals surface area contributed by atoms with E-state index in [1.165, 1.54) is 18.5 Å². The molecule has 2 nitrogen and oxygen atoms in total. The molecule has 1 aliphatic rings. The Morgan fingerprint density at radius 2 is 2.00 bits per heavy atom. The molecule has 1 aliphatic heterocycles. The normalized spacial score (nSPS) is 23.7. The lowest BCUT2D eigenvalue weighted by Gasteiger charge is -2.47. The number of hydrogen-bond acceptors (Lipinski definition) is 2. The standard InChI is InChI=1S/C15H23NO/c1-15(2)12-13(9-11-17)8-10-16(15)14-6-4-3-5-7-14/h3-7,13,17H,8-12H2,1-2H3. The number of aliphatic hydroxyl groups excluding tert-OH is 1. The molecular formula is C15H23NO. The van der Waals surface area contributed by atoms with Gasteiger partial charge >= 0.3 is 0 Å². The number of benzene rings is 1. The quantitative estimate of drug-likeness (QED) is 0.867. The fourth-order valence-electron chi connectivity index (χ4n) is 3.05. The van der Waals surface area contributed by atoms with Gasteiger partial charge in [-0.25, -0.2) is 0 Å². The summed E-state index contributed by atoms with van der Waals surface area (Å²) in [7, 11) is 0. The maximum Gasteiger partial charge on any atom is 0.0433 e. The van der Waals surface area contributed by atoms with E-state index in [1.54, 1.807) is 0 Å². The van der Waals surface area contributed by atoms with Crippen LogP contribution < -0.4 is 4.90 Å². The third kappa shape index (κ3) is 2.81. The van der Waals surface area contributed by atoms with Gasteiger partial charge in [-0.15, -0.1) is 0 Å². The van der Waals surface area contributed by atoms with Crippen LogP contribution in [0.5, 0.6) is 0 Å². The highest BCUT2D eigenvalue weighted by Crippen LogP contribution is 2.36. The largest absolute Gasteiger partial charge is 0.396 e. The summed E-state index contributed by atoms with van der Waals surface area (Å²) >= 11 is 0. The van der Waals surface area contributed by atoms with Gasteiger partial charge in [0.2, 0.25) is 0 Å². The van der Waals surface area contributed by atoms with Crippen molar-refractivity contribution in [2.75, 3.05) is 18.1 Å². The Hall–Kier alpha value is -1.02. The summed E-state index contributed by atoms with van der Waals surface area (Å²) in [6, 6.07) is 10.6. The van der Waals surface area contributed by atoms with Crippen molar-refractivity contribution in [1.29, 1.82) is 0 Å². The van der Waals surface area contributed by atoms with Gasteiger partial charge in [0.1, 0.15) is 0 Å². The van der Waals surface area contributed by atoms with Crippen LogP contribution in [-0.2, 0) is 0 Å². The molecule has 17 heavy (non-hydrogen) atoms. The van der Waals surface area contributed by atoms with Gasteiger partial charge in [-0.3, -0.25) is 0 Å². The van der Waals surface area contributed by atoms with Crippen molar-refractivity contribution < 1.29 is 5.11 Å². The van der Waals surface area contributed by atoms with Gasteiger partial charge in [0.15, 0.2) is 0 Å². The van der Waals surface area contributed by atoms with E-state index in [-0.39, 0.29) is 5.54 Å². The van der Waals surface area contributed by atoms with Crippen molar-refractivity contribution in [3.63, 3.8) is 0 Å². The van der Waals surface area contributed by atoms with Crippen LogP contribution in [0.4, 0.5) is 5.69 Å².